The third kappa shape index (κ3) is 7.75. The second kappa shape index (κ2) is 14.9. The third-order valence-corrected chi connectivity index (χ3v) is 8.92. The zero-order valence-electron chi connectivity index (χ0n) is 25.1. The number of hydrogen-bond acceptors (Lipinski definition) is 6. The minimum Gasteiger partial charge on any atom is -0.445 e. The summed E-state index contributed by atoms with van der Waals surface area (Å²) >= 11 is 0. The van der Waals surface area contributed by atoms with E-state index < -0.39 is 0 Å². The van der Waals surface area contributed by atoms with Crippen LogP contribution in [-0.4, -0.2) is 68.8 Å². The van der Waals surface area contributed by atoms with Crippen molar-refractivity contribution in [1.29, 1.82) is 0 Å². The molecule has 0 N–H and O–H groups in total. The summed E-state index contributed by atoms with van der Waals surface area (Å²) in [5.74, 6) is 0.453. The zero-order chi connectivity index (χ0) is 28.4. The quantitative estimate of drug-likeness (QED) is 0.196. The van der Waals surface area contributed by atoms with Gasteiger partial charge in [0.1, 0.15) is 6.61 Å². The van der Waals surface area contributed by atoms with Crippen molar-refractivity contribution in [2.75, 3.05) is 49.2 Å². The highest BCUT2D eigenvalue weighted by Crippen LogP contribution is 2.37. The molecular formula is C34H49N3O4. The fourth-order valence-corrected chi connectivity index (χ4v) is 6.57. The van der Waals surface area contributed by atoms with Gasteiger partial charge in [0.05, 0.1) is 0 Å². The van der Waals surface area contributed by atoms with Gasteiger partial charge in [-0.05, 0) is 62.3 Å². The van der Waals surface area contributed by atoms with Gasteiger partial charge >= 0.3 is 6.09 Å². The van der Waals surface area contributed by atoms with Crippen LogP contribution in [0.25, 0.3) is 0 Å². The van der Waals surface area contributed by atoms with Gasteiger partial charge in [0, 0.05) is 68.8 Å². The van der Waals surface area contributed by atoms with E-state index >= 15 is 0 Å². The Morgan fingerprint density at radius 2 is 1.46 bits per heavy atom. The molecule has 2 aromatic carbocycles. The van der Waals surface area contributed by atoms with Crippen molar-refractivity contribution in [3.8, 4) is 0 Å². The normalized spacial score (nSPS) is 21.1. The van der Waals surface area contributed by atoms with Crippen LogP contribution >= 0.6 is 0 Å². The predicted molar refractivity (Wildman–Crippen MR) is 164 cm³/mol. The van der Waals surface area contributed by atoms with Crippen LogP contribution in [0.1, 0.15) is 70.8 Å². The van der Waals surface area contributed by atoms with Crippen LogP contribution in [0.3, 0.4) is 0 Å². The Hall–Kier alpha value is -2.77. The van der Waals surface area contributed by atoms with E-state index in [-0.39, 0.29) is 12.4 Å². The van der Waals surface area contributed by atoms with Crippen LogP contribution in [0.15, 0.2) is 54.6 Å². The molecule has 3 saturated heterocycles. The number of piperidine rings is 1. The first-order chi connectivity index (χ1) is 20.2. The number of ether oxygens (including phenoxy) is 3. The molecule has 3 aliphatic heterocycles. The Kier molecular flexibility index (Phi) is 10.8. The van der Waals surface area contributed by atoms with Crippen molar-refractivity contribution < 1.29 is 19.0 Å². The van der Waals surface area contributed by atoms with E-state index in [4.69, 9.17) is 14.2 Å². The van der Waals surface area contributed by atoms with E-state index in [0.717, 1.165) is 96.3 Å². The van der Waals surface area contributed by atoms with Gasteiger partial charge in [-0.15, -0.1) is 0 Å². The molecule has 0 aromatic heterocycles. The lowest BCUT2D eigenvalue weighted by molar-refractivity contribution is -0.177. The molecule has 3 heterocycles. The second-order valence-electron chi connectivity index (χ2n) is 11.9. The lowest BCUT2D eigenvalue weighted by Crippen LogP contribution is -2.55. The van der Waals surface area contributed by atoms with Crippen LogP contribution in [0.2, 0.25) is 0 Å². The molecule has 2 atom stereocenters. The molecule has 3 aliphatic rings. The summed E-state index contributed by atoms with van der Waals surface area (Å²) in [5.41, 5.74) is 3.59. The molecule has 2 unspecified atom stereocenters. The highest BCUT2D eigenvalue weighted by atomic mass is 16.7. The molecule has 0 saturated carbocycles. The van der Waals surface area contributed by atoms with Gasteiger partial charge in [0.2, 0.25) is 0 Å². The molecule has 0 aliphatic carbocycles. The molecule has 7 heteroatoms. The summed E-state index contributed by atoms with van der Waals surface area (Å²) in [4.78, 5) is 19.9. The summed E-state index contributed by atoms with van der Waals surface area (Å²) in [6, 6.07) is 19.6. The number of carbonyl (C=O) groups excluding carboxylic acids is 1. The number of rotatable bonds is 13. The lowest BCUT2D eigenvalue weighted by atomic mass is 9.95. The number of benzene rings is 2. The maximum Gasteiger partial charge on any atom is 0.410 e. The highest BCUT2D eigenvalue weighted by Gasteiger charge is 2.42. The SMILES string of the molecule is CCCCOC(OCCCC)C1CCN(c2cccc(N3C4CCC3CN(C(=O)OCc3ccccc3)C4)c2)CC1. The summed E-state index contributed by atoms with van der Waals surface area (Å²) in [6.45, 7) is 9.79. The van der Waals surface area contributed by atoms with Gasteiger partial charge in [-0.1, -0.05) is 63.1 Å². The van der Waals surface area contributed by atoms with Crippen molar-refractivity contribution in [3.05, 3.63) is 60.2 Å². The minimum atomic E-state index is -0.197. The van der Waals surface area contributed by atoms with E-state index in [1.54, 1.807) is 0 Å². The van der Waals surface area contributed by atoms with E-state index in [0.29, 0.717) is 24.6 Å². The molecule has 1 amide bonds. The van der Waals surface area contributed by atoms with Crippen LogP contribution in [0.5, 0.6) is 0 Å². The predicted octanol–water partition coefficient (Wildman–Crippen LogP) is 6.85. The van der Waals surface area contributed by atoms with E-state index in [1.807, 2.05) is 35.2 Å². The van der Waals surface area contributed by atoms with Crippen molar-refractivity contribution in [3.63, 3.8) is 0 Å². The number of nitrogens with zero attached hydrogens (tertiary/aromatic N) is 3. The first kappa shape index (κ1) is 29.7. The van der Waals surface area contributed by atoms with Crippen LogP contribution in [-0.2, 0) is 20.8 Å². The first-order valence-electron chi connectivity index (χ1n) is 16.0. The smallest absolute Gasteiger partial charge is 0.410 e. The Morgan fingerprint density at radius 3 is 2.10 bits per heavy atom. The molecule has 2 bridgehead atoms. The molecule has 7 nitrogen and oxygen atoms in total. The van der Waals surface area contributed by atoms with Gasteiger partial charge in [0.15, 0.2) is 6.29 Å². The largest absolute Gasteiger partial charge is 0.445 e. The number of fused-ring (bicyclic) bond motifs is 2. The molecular weight excluding hydrogens is 514 g/mol. The number of piperazine rings is 1. The maximum atomic E-state index is 12.9. The van der Waals surface area contributed by atoms with Crippen molar-refractivity contribution >= 4 is 17.5 Å². The average Bonchev–Trinajstić information content (AvgIpc) is 3.28. The first-order valence-corrected chi connectivity index (χ1v) is 16.0. The second-order valence-corrected chi connectivity index (χ2v) is 11.9. The standard InChI is InChI=1S/C34H49N3O4/c1-3-5-21-39-33(40-22-6-4-2)28-17-19-35(20-18-28)29-13-10-14-30(23-29)37-31-15-16-32(37)25-36(24-31)34(38)41-26-27-11-8-7-9-12-27/h7-14,23,28,31-33H,3-6,15-22,24-26H2,1-2H3. The number of anilines is 2. The summed E-state index contributed by atoms with van der Waals surface area (Å²) in [5, 5.41) is 0. The summed E-state index contributed by atoms with van der Waals surface area (Å²) in [7, 11) is 0. The maximum absolute atomic E-state index is 12.9. The molecule has 2 aromatic rings. The Morgan fingerprint density at radius 1 is 0.829 bits per heavy atom. The molecule has 224 valence electrons. The van der Waals surface area contributed by atoms with Crippen molar-refractivity contribution in [2.45, 2.75) is 90.2 Å². The average molecular weight is 564 g/mol. The van der Waals surface area contributed by atoms with Gasteiger partial charge in [-0.3, -0.25) is 0 Å². The number of hydrogen-bond donors (Lipinski definition) is 0. The zero-order valence-corrected chi connectivity index (χ0v) is 25.1. The van der Waals surface area contributed by atoms with E-state index in [1.165, 1.54) is 11.4 Å². The Labute approximate surface area is 246 Å². The fourth-order valence-electron chi connectivity index (χ4n) is 6.57. The monoisotopic (exact) mass is 563 g/mol. The molecule has 0 spiro atoms. The van der Waals surface area contributed by atoms with Crippen molar-refractivity contribution in [2.24, 2.45) is 5.92 Å². The highest BCUT2D eigenvalue weighted by molar-refractivity contribution is 5.69. The van der Waals surface area contributed by atoms with Crippen LogP contribution < -0.4 is 9.80 Å². The van der Waals surface area contributed by atoms with E-state index in [9.17, 15) is 4.79 Å². The fraction of sp³-hybridized carbons (Fsp3) is 0.618. The molecule has 5 rings (SSSR count). The molecule has 41 heavy (non-hydrogen) atoms. The number of carbonyl (C=O) groups is 1. The van der Waals surface area contributed by atoms with Gasteiger partial charge in [-0.25, -0.2) is 4.79 Å². The third-order valence-electron chi connectivity index (χ3n) is 8.92. The minimum absolute atomic E-state index is 0.0760. The van der Waals surface area contributed by atoms with Gasteiger partial charge < -0.3 is 28.9 Å². The van der Waals surface area contributed by atoms with Gasteiger partial charge in [0.25, 0.3) is 0 Å². The van der Waals surface area contributed by atoms with E-state index in [2.05, 4.69) is 47.9 Å². The number of unbranched alkanes of at least 4 members (excludes halogenated alkanes) is 2. The lowest BCUT2D eigenvalue weighted by Gasteiger charge is -2.42. The van der Waals surface area contributed by atoms with Crippen molar-refractivity contribution in [1.82, 2.24) is 4.90 Å². The van der Waals surface area contributed by atoms with Gasteiger partial charge in [-0.2, -0.15) is 0 Å². The molecule has 0 radical (unpaired) electrons. The Bertz CT molecular complexity index is 1050. The number of amides is 1. The molecule has 3 fully saturated rings. The summed E-state index contributed by atoms with van der Waals surface area (Å²) in [6.07, 6.45) is 8.59. The van der Waals surface area contributed by atoms with Crippen LogP contribution in [0.4, 0.5) is 16.2 Å². The van der Waals surface area contributed by atoms with Crippen LogP contribution in [0, 0.1) is 5.92 Å². The topological polar surface area (TPSA) is 54.5 Å². The Balaban J connectivity index is 1.15. The number of likely N-dealkylation sites (tertiary alicyclic amines) is 1. The summed E-state index contributed by atoms with van der Waals surface area (Å²) < 4.78 is 18.1.